The Balaban J connectivity index is 3.01. The largest absolute Gasteiger partial charge is 0.399 e. The van der Waals surface area contributed by atoms with Crippen LogP contribution in [0.15, 0.2) is 17.4 Å². The Morgan fingerprint density at radius 1 is 1.69 bits per heavy atom. The highest BCUT2D eigenvalue weighted by molar-refractivity contribution is 5.90. The lowest BCUT2D eigenvalue weighted by atomic mass is 10.2. The van der Waals surface area contributed by atoms with E-state index in [2.05, 4.69) is 20.3 Å². The summed E-state index contributed by atoms with van der Waals surface area (Å²) < 4.78 is 0. The molecule has 1 aromatic heterocycles. The molecule has 0 aliphatic carbocycles. The minimum absolute atomic E-state index is 0.561. The van der Waals surface area contributed by atoms with Gasteiger partial charge in [0.2, 0.25) is 0 Å². The summed E-state index contributed by atoms with van der Waals surface area (Å²) in [6, 6.07) is 1.76. The molecule has 0 spiro atoms. The van der Waals surface area contributed by atoms with Crippen molar-refractivity contribution in [3.63, 3.8) is 0 Å². The van der Waals surface area contributed by atoms with E-state index in [4.69, 9.17) is 5.73 Å². The second-order valence-electron chi connectivity index (χ2n) is 2.33. The Kier molecular flexibility index (Phi) is 3.08. The van der Waals surface area contributed by atoms with Gasteiger partial charge in [0.1, 0.15) is 12.9 Å². The van der Waals surface area contributed by atoms with Gasteiger partial charge in [0.15, 0.2) is 0 Å². The molecule has 70 valence electrons. The fourth-order valence-electron chi connectivity index (χ4n) is 0.909. The molecule has 5 nitrogen and oxygen atoms in total. The van der Waals surface area contributed by atoms with Crippen LogP contribution in [0.25, 0.3) is 0 Å². The standard InChI is InChI=1S/C8H12N4O/c1-10-8-7(9)6(3-4-11-8)5-12-13-2/h3-5H,9H2,1-2H3,(H,10,11)/b12-5+. The van der Waals surface area contributed by atoms with E-state index in [1.54, 1.807) is 19.3 Å². The van der Waals surface area contributed by atoms with Crippen molar-refractivity contribution in [2.45, 2.75) is 0 Å². The Hall–Kier alpha value is -1.78. The van der Waals surface area contributed by atoms with Crippen molar-refractivity contribution in [1.29, 1.82) is 0 Å². The quantitative estimate of drug-likeness (QED) is 0.530. The average molecular weight is 180 g/mol. The summed E-state index contributed by atoms with van der Waals surface area (Å²) in [6.45, 7) is 0. The maximum atomic E-state index is 5.76. The highest BCUT2D eigenvalue weighted by atomic mass is 16.6. The second kappa shape index (κ2) is 4.30. The summed E-state index contributed by atoms with van der Waals surface area (Å²) in [5.41, 5.74) is 7.10. The van der Waals surface area contributed by atoms with E-state index >= 15 is 0 Å². The van der Waals surface area contributed by atoms with Crippen molar-refractivity contribution >= 4 is 17.7 Å². The van der Waals surface area contributed by atoms with Crippen LogP contribution in [-0.2, 0) is 4.84 Å². The van der Waals surface area contributed by atoms with Crippen LogP contribution in [0.2, 0.25) is 0 Å². The third kappa shape index (κ3) is 2.08. The Morgan fingerprint density at radius 3 is 3.08 bits per heavy atom. The fourth-order valence-corrected chi connectivity index (χ4v) is 0.909. The number of hydrogen-bond donors (Lipinski definition) is 2. The van der Waals surface area contributed by atoms with Crippen molar-refractivity contribution in [2.24, 2.45) is 5.16 Å². The number of nitrogens with one attached hydrogen (secondary N) is 1. The molecule has 0 aliphatic rings. The van der Waals surface area contributed by atoms with Gasteiger partial charge in [-0.15, -0.1) is 0 Å². The molecule has 0 saturated heterocycles. The number of nitrogens with zero attached hydrogens (tertiary/aromatic N) is 2. The molecule has 0 unspecified atom stereocenters. The van der Waals surface area contributed by atoms with Gasteiger partial charge in [-0.2, -0.15) is 0 Å². The number of pyridine rings is 1. The van der Waals surface area contributed by atoms with Crippen molar-refractivity contribution in [1.82, 2.24) is 4.98 Å². The third-order valence-corrected chi connectivity index (χ3v) is 1.56. The van der Waals surface area contributed by atoms with Gasteiger partial charge in [-0.3, -0.25) is 0 Å². The highest BCUT2D eigenvalue weighted by Gasteiger charge is 2.01. The Labute approximate surface area is 76.6 Å². The SMILES string of the molecule is CNc1nccc(/C=N/OC)c1N. The summed E-state index contributed by atoms with van der Waals surface area (Å²) in [5, 5.41) is 6.49. The molecule has 0 fully saturated rings. The van der Waals surface area contributed by atoms with Crippen LogP contribution in [0.1, 0.15) is 5.56 Å². The van der Waals surface area contributed by atoms with Gasteiger partial charge in [0.05, 0.1) is 11.9 Å². The van der Waals surface area contributed by atoms with Crippen molar-refractivity contribution in [3.05, 3.63) is 17.8 Å². The zero-order valence-electron chi connectivity index (χ0n) is 7.61. The molecule has 1 aromatic rings. The zero-order chi connectivity index (χ0) is 9.68. The first-order valence-electron chi connectivity index (χ1n) is 3.78. The van der Waals surface area contributed by atoms with E-state index in [1.807, 2.05) is 0 Å². The summed E-state index contributed by atoms with van der Waals surface area (Å²) in [6.07, 6.45) is 3.19. The molecular weight excluding hydrogens is 168 g/mol. The summed E-state index contributed by atoms with van der Waals surface area (Å²) >= 11 is 0. The van der Waals surface area contributed by atoms with Crippen molar-refractivity contribution in [3.8, 4) is 0 Å². The number of rotatable bonds is 3. The minimum Gasteiger partial charge on any atom is -0.399 e. The van der Waals surface area contributed by atoms with E-state index in [0.717, 1.165) is 5.56 Å². The number of hydrogen-bond acceptors (Lipinski definition) is 5. The molecule has 0 aliphatic heterocycles. The van der Waals surface area contributed by atoms with E-state index in [0.29, 0.717) is 11.5 Å². The second-order valence-corrected chi connectivity index (χ2v) is 2.33. The molecule has 1 rings (SSSR count). The van der Waals surface area contributed by atoms with E-state index < -0.39 is 0 Å². The molecule has 0 amide bonds. The van der Waals surface area contributed by atoms with Gasteiger partial charge in [-0.05, 0) is 6.07 Å². The maximum Gasteiger partial charge on any atom is 0.149 e. The van der Waals surface area contributed by atoms with Gasteiger partial charge >= 0.3 is 0 Å². The predicted octanol–water partition coefficient (Wildman–Crippen LogP) is 0.686. The Bertz CT molecular complexity index is 311. The van der Waals surface area contributed by atoms with Crippen LogP contribution in [-0.4, -0.2) is 25.4 Å². The molecule has 0 aromatic carbocycles. The number of nitrogen functional groups attached to an aromatic ring is 1. The van der Waals surface area contributed by atoms with Crippen LogP contribution >= 0.6 is 0 Å². The van der Waals surface area contributed by atoms with Crippen LogP contribution in [0, 0.1) is 0 Å². The van der Waals surface area contributed by atoms with Crippen molar-refractivity contribution in [2.75, 3.05) is 25.2 Å². The average Bonchev–Trinajstić information content (AvgIpc) is 2.16. The smallest absolute Gasteiger partial charge is 0.149 e. The topological polar surface area (TPSA) is 72.5 Å². The lowest BCUT2D eigenvalue weighted by Gasteiger charge is -2.04. The summed E-state index contributed by atoms with van der Waals surface area (Å²) in [7, 11) is 3.24. The maximum absolute atomic E-state index is 5.76. The molecule has 0 saturated carbocycles. The van der Waals surface area contributed by atoms with E-state index in [-0.39, 0.29) is 0 Å². The first kappa shape index (κ1) is 9.31. The molecule has 5 heteroatoms. The van der Waals surface area contributed by atoms with Crippen LogP contribution in [0.3, 0.4) is 0 Å². The van der Waals surface area contributed by atoms with Crippen LogP contribution in [0.4, 0.5) is 11.5 Å². The molecule has 0 radical (unpaired) electrons. The summed E-state index contributed by atoms with van der Waals surface area (Å²) in [5.74, 6) is 0.639. The van der Waals surface area contributed by atoms with Gasteiger partial charge in [-0.1, -0.05) is 5.16 Å². The first-order valence-corrected chi connectivity index (χ1v) is 3.78. The predicted molar refractivity (Wildman–Crippen MR) is 52.8 cm³/mol. The Morgan fingerprint density at radius 2 is 2.46 bits per heavy atom. The molecule has 3 N–H and O–H groups in total. The molecule has 13 heavy (non-hydrogen) atoms. The zero-order valence-corrected chi connectivity index (χ0v) is 7.61. The van der Waals surface area contributed by atoms with Crippen LogP contribution in [0.5, 0.6) is 0 Å². The molecular formula is C8H12N4O. The van der Waals surface area contributed by atoms with Gasteiger partial charge in [0.25, 0.3) is 0 Å². The molecule has 0 atom stereocenters. The monoisotopic (exact) mass is 180 g/mol. The van der Waals surface area contributed by atoms with Crippen LogP contribution < -0.4 is 11.1 Å². The van der Waals surface area contributed by atoms with E-state index in [9.17, 15) is 0 Å². The number of nitrogens with two attached hydrogens (primary N) is 1. The van der Waals surface area contributed by atoms with E-state index in [1.165, 1.54) is 13.3 Å². The highest BCUT2D eigenvalue weighted by Crippen LogP contribution is 2.17. The van der Waals surface area contributed by atoms with Crippen molar-refractivity contribution < 1.29 is 4.84 Å². The fraction of sp³-hybridized carbons (Fsp3) is 0.250. The lowest BCUT2D eigenvalue weighted by Crippen LogP contribution is -2.02. The van der Waals surface area contributed by atoms with Gasteiger partial charge < -0.3 is 15.9 Å². The molecule has 1 heterocycles. The minimum atomic E-state index is 0.561. The summed E-state index contributed by atoms with van der Waals surface area (Å²) in [4.78, 5) is 8.57. The third-order valence-electron chi connectivity index (χ3n) is 1.56. The van der Waals surface area contributed by atoms with Gasteiger partial charge in [0, 0.05) is 18.8 Å². The molecule has 0 bridgehead atoms. The number of oxime groups is 1. The number of anilines is 2. The lowest BCUT2D eigenvalue weighted by molar-refractivity contribution is 0.215. The number of aromatic nitrogens is 1. The normalized spacial score (nSPS) is 10.3. The first-order chi connectivity index (χ1) is 6.29. The van der Waals surface area contributed by atoms with Gasteiger partial charge in [-0.25, -0.2) is 4.98 Å².